The van der Waals surface area contributed by atoms with Gasteiger partial charge in [-0.2, -0.15) is 0 Å². The minimum Gasteiger partial charge on any atom is -0.465 e. The maximum absolute atomic E-state index is 12.0. The average Bonchev–Trinajstić information content (AvgIpc) is 3.01. The molecule has 138 valence electrons. The van der Waals surface area contributed by atoms with Gasteiger partial charge in [0, 0.05) is 29.5 Å². The third-order valence-corrected chi connectivity index (χ3v) is 4.53. The first-order valence-electron chi connectivity index (χ1n) is 8.97. The summed E-state index contributed by atoms with van der Waals surface area (Å²) in [5, 5.41) is 2.25. The molecule has 0 atom stereocenters. The molecule has 0 aliphatic rings. The average molecular weight is 355 g/mol. The Kier molecular flexibility index (Phi) is 5.91. The number of hydrogen-bond donors (Lipinski definition) is 0. The first-order valence-corrected chi connectivity index (χ1v) is 8.97. The Hall–Kier alpha value is -2.37. The van der Waals surface area contributed by atoms with Crippen LogP contribution in [0.2, 0.25) is 0 Å². The number of carbonyl (C=O) groups excluding carboxylic acids is 1. The highest BCUT2D eigenvalue weighted by Crippen LogP contribution is 2.33. The van der Waals surface area contributed by atoms with E-state index in [0.717, 1.165) is 21.8 Å². The molecule has 0 aliphatic carbocycles. The van der Waals surface area contributed by atoms with Crippen molar-refractivity contribution in [1.82, 2.24) is 4.57 Å². The van der Waals surface area contributed by atoms with Crippen LogP contribution in [0, 0.1) is 0 Å². The number of nitrogens with zero attached hydrogens (tertiary/aromatic N) is 1. The minimum atomic E-state index is -0.338. The van der Waals surface area contributed by atoms with Gasteiger partial charge in [0.25, 0.3) is 0 Å². The van der Waals surface area contributed by atoms with Crippen LogP contribution in [-0.2, 0) is 14.2 Å². The number of fused-ring (bicyclic) bond motifs is 3. The van der Waals surface area contributed by atoms with Gasteiger partial charge in [0.15, 0.2) is 0 Å². The third kappa shape index (κ3) is 3.45. The molecule has 0 N–H and O–H groups in total. The molecule has 26 heavy (non-hydrogen) atoms. The summed E-state index contributed by atoms with van der Waals surface area (Å²) < 4.78 is 18.6. The van der Waals surface area contributed by atoms with Crippen LogP contribution >= 0.6 is 0 Å². The highest BCUT2D eigenvalue weighted by atomic mass is 16.5. The van der Waals surface area contributed by atoms with Gasteiger partial charge in [0.2, 0.25) is 0 Å². The molecule has 2 aromatic carbocycles. The lowest BCUT2D eigenvalue weighted by Gasteiger charge is -2.21. The van der Waals surface area contributed by atoms with Gasteiger partial charge in [-0.3, -0.25) is 0 Å². The van der Waals surface area contributed by atoms with E-state index >= 15 is 0 Å². The number of rotatable bonds is 8. The van der Waals surface area contributed by atoms with Crippen molar-refractivity contribution in [2.45, 2.75) is 19.9 Å². The van der Waals surface area contributed by atoms with Crippen molar-refractivity contribution in [2.24, 2.45) is 0 Å². The number of benzene rings is 2. The predicted molar refractivity (Wildman–Crippen MR) is 103 cm³/mol. The fourth-order valence-electron chi connectivity index (χ4n) is 3.34. The van der Waals surface area contributed by atoms with Crippen LogP contribution in [0.4, 0.5) is 0 Å². The zero-order valence-corrected chi connectivity index (χ0v) is 15.5. The lowest BCUT2D eigenvalue weighted by molar-refractivity contribution is 0.0557. The number of methoxy groups -OCH3 is 1. The van der Waals surface area contributed by atoms with E-state index in [9.17, 15) is 4.79 Å². The zero-order chi connectivity index (χ0) is 18.5. The normalized spacial score (nSPS) is 11.5. The molecule has 0 bridgehead atoms. The lowest BCUT2D eigenvalue weighted by atomic mass is 10.1. The highest BCUT2D eigenvalue weighted by molar-refractivity contribution is 6.09. The molecule has 0 saturated carbocycles. The summed E-state index contributed by atoms with van der Waals surface area (Å²) in [4.78, 5) is 12.0. The molecular weight excluding hydrogens is 330 g/mol. The van der Waals surface area contributed by atoms with Crippen molar-refractivity contribution in [3.8, 4) is 0 Å². The van der Waals surface area contributed by atoms with Gasteiger partial charge >= 0.3 is 5.97 Å². The van der Waals surface area contributed by atoms with Crippen molar-refractivity contribution >= 4 is 27.8 Å². The van der Waals surface area contributed by atoms with Gasteiger partial charge in [0.05, 0.1) is 37.4 Å². The molecule has 0 amide bonds. The lowest BCUT2D eigenvalue weighted by Crippen LogP contribution is -2.21. The second-order valence-corrected chi connectivity index (χ2v) is 6.08. The van der Waals surface area contributed by atoms with E-state index in [0.29, 0.717) is 32.0 Å². The Morgan fingerprint density at radius 2 is 1.62 bits per heavy atom. The fraction of sp³-hybridized carbons (Fsp3) is 0.381. The minimum absolute atomic E-state index is 0.0187. The molecular formula is C21H25NO4. The SMILES string of the molecule is CCOCC(COCC)n1c2ccccc2c2ccc(C(=O)OC)cc21. The highest BCUT2D eigenvalue weighted by Gasteiger charge is 2.20. The molecule has 1 aromatic heterocycles. The van der Waals surface area contributed by atoms with E-state index < -0.39 is 0 Å². The van der Waals surface area contributed by atoms with Crippen LogP contribution in [0.5, 0.6) is 0 Å². The van der Waals surface area contributed by atoms with Gasteiger partial charge in [-0.1, -0.05) is 24.3 Å². The van der Waals surface area contributed by atoms with E-state index in [4.69, 9.17) is 14.2 Å². The molecule has 0 radical (unpaired) electrons. The summed E-state index contributed by atoms with van der Waals surface area (Å²) in [7, 11) is 1.40. The maximum atomic E-state index is 12.0. The second-order valence-electron chi connectivity index (χ2n) is 6.08. The van der Waals surface area contributed by atoms with Crippen molar-refractivity contribution in [3.63, 3.8) is 0 Å². The number of carbonyl (C=O) groups is 1. The molecule has 5 heteroatoms. The van der Waals surface area contributed by atoms with Crippen LogP contribution in [0.25, 0.3) is 21.8 Å². The number of aromatic nitrogens is 1. The first kappa shape index (κ1) is 18.4. The van der Waals surface area contributed by atoms with E-state index in [2.05, 4.69) is 16.7 Å². The van der Waals surface area contributed by atoms with E-state index in [-0.39, 0.29) is 12.0 Å². The molecule has 1 heterocycles. The van der Waals surface area contributed by atoms with E-state index in [1.165, 1.54) is 7.11 Å². The van der Waals surface area contributed by atoms with Crippen LogP contribution in [-0.4, -0.2) is 44.1 Å². The number of ether oxygens (including phenoxy) is 3. The Morgan fingerprint density at radius 3 is 2.27 bits per heavy atom. The summed E-state index contributed by atoms with van der Waals surface area (Å²) >= 11 is 0. The molecule has 0 spiro atoms. The van der Waals surface area contributed by atoms with Crippen LogP contribution in [0.15, 0.2) is 42.5 Å². The van der Waals surface area contributed by atoms with Gasteiger partial charge in [-0.05, 0) is 32.0 Å². The number of hydrogen-bond acceptors (Lipinski definition) is 4. The quantitative estimate of drug-likeness (QED) is 0.568. The second kappa shape index (κ2) is 8.34. The zero-order valence-electron chi connectivity index (χ0n) is 15.5. The Bertz CT molecular complexity index is 892. The molecule has 0 aliphatic heterocycles. The van der Waals surface area contributed by atoms with Crippen molar-refractivity contribution in [3.05, 3.63) is 48.0 Å². The van der Waals surface area contributed by atoms with Crippen molar-refractivity contribution < 1.29 is 19.0 Å². The summed E-state index contributed by atoms with van der Waals surface area (Å²) in [6, 6.07) is 14.0. The molecule has 0 saturated heterocycles. The summed E-state index contributed by atoms with van der Waals surface area (Å²) in [6.45, 7) is 6.36. The van der Waals surface area contributed by atoms with Gasteiger partial charge in [-0.25, -0.2) is 4.79 Å². The first-order chi connectivity index (χ1) is 12.7. The van der Waals surface area contributed by atoms with Gasteiger partial charge in [-0.15, -0.1) is 0 Å². The van der Waals surface area contributed by atoms with E-state index in [1.54, 1.807) is 0 Å². The number of esters is 1. The topological polar surface area (TPSA) is 49.7 Å². The molecule has 3 aromatic rings. The molecule has 0 fully saturated rings. The monoisotopic (exact) mass is 355 g/mol. The largest absolute Gasteiger partial charge is 0.465 e. The fourth-order valence-corrected chi connectivity index (χ4v) is 3.34. The Morgan fingerprint density at radius 1 is 0.962 bits per heavy atom. The standard InChI is InChI=1S/C21H25NO4/c1-4-25-13-16(14-26-5-2)22-19-9-7-6-8-17(19)18-11-10-15(12-20(18)22)21(23)24-3/h6-12,16H,4-5,13-14H2,1-3H3. The predicted octanol–water partition coefficient (Wildman–Crippen LogP) is 4.20. The summed E-state index contributed by atoms with van der Waals surface area (Å²) in [5.74, 6) is -0.338. The van der Waals surface area contributed by atoms with E-state index in [1.807, 2.05) is 44.2 Å². The Balaban J connectivity index is 2.22. The van der Waals surface area contributed by atoms with Gasteiger partial charge in [0.1, 0.15) is 0 Å². The number of para-hydroxylation sites is 1. The van der Waals surface area contributed by atoms with Crippen LogP contribution in [0.3, 0.4) is 0 Å². The summed E-state index contributed by atoms with van der Waals surface area (Å²) in [5.41, 5.74) is 2.63. The van der Waals surface area contributed by atoms with Crippen molar-refractivity contribution in [1.29, 1.82) is 0 Å². The Labute approximate surface area is 153 Å². The van der Waals surface area contributed by atoms with Crippen LogP contribution < -0.4 is 0 Å². The molecule has 3 rings (SSSR count). The molecule has 0 unspecified atom stereocenters. The van der Waals surface area contributed by atoms with Crippen LogP contribution in [0.1, 0.15) is 30.2 Å². The smallest absolute Gasteiger partial charge is 0.337 e. The van der Waals surface area contributed by atoms with Gasteiger partial charge < -0.3 is 18.8 Å². The maximum Gasteiger partial charge on any atom is 0.337 e. The summed E-state index contributed by atoms with van der Waals surface area (Å²) in [6.07, 6.45) is 0. The van der Waals surface area contributed by atoms with Crippen molar-refractivity contribution in [2.75, 3.05) is 33.5 Å². The third-order valence-electron chi connectivity index (χ3n) is 4.53. The molecule has 5 nitrogen and oxygen atoms in total.